The number of carbonyl (C=O) groups excluding carboxylic acids is 11. The number of carboxylic acids is 1. The first kappa shape index (κ1) is 86.0. The first-order valence-electron chi connectivity index (χ1n) is 35.0. The van der Waals surface area contributed by atoms with E-state index >= 15 is 14.4 Å². The van der Waals surface area contributed by atoms with Crippen LogP contribution >= 0.6 is 0 Å². The van der Waals surface area contributed by atoms with Gasteiger partial charge in [0.2, 0.25) is 53.2 Å². The lowest BCUT2D eigenvalue weighted by atomic mass is 9.85. The standard InChI is InChI=1S/C70H124N10O16/c1-23-51-68(92)74(17)48(15)66(90)79(22)60(49(16)96-32-25-24-29-80-30-33-95-34-31-80)56(82)39-50(43(8)9)67(91)75(18)52(35-40(2)3)55(81)38-46(13)62(86)71-47(14)65(89)76(19)53(36-41(4)5)69(93)77(20)54(37-42(6)7)70(94)78(21)59(44(10)11)64(88)73-58(63(87)72-51)61(85)45(12)27-26-28-57(83)84/h40-54,58-61,85H,23-39H2,1-22H3,(H,71,86)(H,72,87)(H,73,88)(H,83,84)/t45-,46-,47-,48-,49-,50+,51+,52+,53+,54+,58+,59+,60+,61-/m1/s1. The molecule has 96 heavy (non-hydrogen) atoms. The molecule has 0 aliphatic carbocycles. The topological polar surface area (TPSA) is 323 Å². The van der Waals surface area contributed by atoms with Crippen LogP contribution in [-0.2, 0) is 67.0 Å². The van der Waals surface area contributed by atoms with Crippen LogP contribution in [0.5, 0.6) is 0 Å². The number of unbranched alkanes of at least 4 members (excludes halogenated alkanes) is 1. The van der Waals surface area contributed by atoms with Gasteiger partial charge in [0.15, 0.2) is 11.6 Å². The summed E-state index contributed by atoms with van der Waals surface area (Å²) >= 11 is 0. The van der Waals surface area contributed by atoms with Crippen LogP contribution in [0.3, 0.4) is 0 Å². The average Bonchev–Trinajstić information content (AvgIpc) is 0.838. The molecule has 0 unspecified atom stereocenters. The summed E-state index contributed by atoms with van der Waals surface area (Å²) in [7, 11) is 8.54. The summed E-state index contributed by atoms with van der Waals surface area (Å²) in [5.41, 5.74) is 0. The van der Waals surface area contributed by atoms with E-state index in [4.69, 9.17) is 9.47 Å². The van der Waals surface area contributed by atoms with Crippen LogP contribution in [-0.4, -0.2) is 264 Å². The molecular weight excluding hydrogens is 1240 g/mol. The van der Waals surface area contributed by atoms with Gasteiger partial charge < -0.3 is 65.0 Å². The molecule has 26 nitrogen and oxygen atoms in total. The number of rotatable bonds is 22. The largest absolute Gasteiger partial charge is 0.481 e. The Labute approximate surface area is 573 Å². The zero-order valence-corrected chi connectivity index (χ0v) is 62.2. The molecule has 2 heterocycles. The smallest absolute Gasteiger partial charge is 0.303 e. The predicted octanol–water partition coefficient (Wildman–Crippen LogP) is 4.26. The van der Waals surface area contributed by atoms with E-state index in [-0.39, 0.29) is 82.1 Å². The SMILES string of the molecule is CC[C@@H]1NC(=O)[C@H]([C@H](O)[C@H](C)CCCC(=O)O)NC(=O)[C@H](C(C)C)N(C)C(=O)[C@H](CC(C)C)N(C)C(=O)[C@H](CC(C)C)N(C)C(=O)[C@@H](C)NC(=O)[C@H](C)CC(=O)[C@H](CC(C)C)N(C)C(=O)[C@H](C(C)C)CC(=O)[C@H]([C@@H](C)OCCCCN2CCOCC2)N(C)C(=O)[C@@H](C)N(C)C1=O. The third kappa shape index (κ3) is 25.3. The van der Waals surface area contributed by atoms with Crippen molar-refractivity contribution in [2.45, 2.75) is 248 Å². The van der Waals surface area contributed by atoms with Crippen LogP contribution in [0, 0.1) is 47.3 Å². The van der Waals surface area contributed by atoms with Crippen molar-refractivity contribution in [3.8, 4) is 0 Å². The van der Waals surface area contributed by atoms with Gasteiger partial charge in [0.1, 0.15) is 48.3 Å². The van der Waals surface area contributed by atoms with Crippen molar-refractivity contribution < 1.29 is 77.2 Å². The van der Waals surface area contributed by atoms with Gasteiger partial charge in [-0.1, -0.05) is 90.0 Å². The number of ketones is 2. The Morgan fingerprint density at radius 2 is 1.06 bits per heavy atom. The summed E-state index contributed by atoms with van der Waals surface area (Å²) in [5, 5.41) is 29.6. The Balaban J connectivity index is 2.99. The lowest BCUT2D eigenvalue weighted by Crippen LogP contribution is -2.63. The number of aliphatic carboxylic acids is 1. The Morgan fingerprint density at radius 1 is 0.552 bits per heavy atom. The molecule has 2 aliphatic rings. The minimum Gasteiger partial charge on any atom is -0.481 e. The Morgan fingerprint density at radius 3 is 1.57 bits per heavy atom. The number of morpholine rings is 1. The molecule has 2 fully saturated rings. The first-order valence-corrected chi connectivity index (χ1v) is 35.0. The molecule has 0 aromatic rings. The van der Waals surface area contributed by atoms with Crippen LogP contribution in [0.15, 0.2) is 0 Å². The molecule has 26 heteroatoms. The predicted molar refractivity (Wildman–Crippen MR) is 365 cm³/mol. The maximum absolute atomic E-state index is 15.2. The van der Waals surface area contributed by atoms with Crippen LogP contribution < -0.4 is 16.0 Å². The van der Waals surface area contributed by atoms with Crippen molar-refractivity contribution in [2.75, 3.05) is 81.7 Å². The number of amides is 9. The molecule has 0 aromatic carbocycles. The van der Waals surface area contributed by atoms with E-state index in [0.29, 0.717) is 19.6 Å². The molecule has 14 atom stereocenters. The van der Waals surface area contributed by atoms with Gasteiger partial charge in [-0.25, -0.2) is 0 Å². The number of aliphatic hydroxyl groups excluding tert-OH is 1. The molecule has 0 aromatic heterocycles. The molecule has 2 rings (SSSR count). The fraction of sp³-hybridized carbons (Fsp3) is 0.829. The Kier molecular flexibility index (Phi) is 36.4. The third-order valence-corrected chi connectivity index (χ3v) is 19.1. The lowest BCUT2D eigenvalue weighted by Gasteiger charge is -2.40. The van der Waals surface area contributed by atoms with Crippen molar-refractivity contribution in [1.29, 1.82) is 0 Å². The molecule has 0 spiro atoms. The summed E-state index contributed by atoms with van der Waals surface area (Å²) in [6, 6.07) is -11.7. The van der Waals surface area contributed by atoms with Gasteiger partial charge >= 0.3 is 5.97 Å². The number of ether oxygens (including phenoxy) is 2. The number of aliphatic hydroxyl groups is 1. The zero-order valence-electron chi connectivity index (χ0n) is 62.2. The number of nitrogens with one attached hydrogen (secondary N) is 3. The Bertz CT molecular complexity index is 2600. The average molecular weight is 1360 g/mol. The molecule has 9 amide bonds. The van der Waals surface area contributed by atoms with Crippen molar-refractivity contribution in [3.05, 3.63) is 0 Å². The second-order valence-electron chi connectivity index (χ2n) is 29.2. The van der Waals surface area contributed by atoms with Crippen molar-refractivity contribution in [3.63, 3.8) is 0 Å². The van der Waals surface area contributed by atoms with Crippen LogP contribution in [0.1, 0.15) is 181 Å². The summed E-state index contributed by atoms with van der Waals surface area (Å²) in [6.45, 7) is 31.3. The lowest BCUT2D eigenvalue weighted by molar-refractivity contribution is -0.154. The van der Waals surface area contributed by atoms with Gasteiger partial charge in [-0.2, -0.15) is 0 Å². The Hall–Kier alpha value is -6.12. The highest BCUT2D eigenvalue weighted by Gasteiger charge is 2.45. The molecule has 2 aliphatic heterocycles. The highest BCUT2D eigenvalue weighted by atomic mass is 16.5. The van der Waals surface area contributed by atoms with E-state index in [1.54, 1.807) is 48.5 Å². The molecule has 550 valence electrons. The second-order valence-corrected chi connectivity index (χ2v) is 29.2. The van der Waals surface area contributed by atoms with Gasteiger partial charge in [-0.3, -0.25) is 62.4 Å². The fourth-order valence-corrected chi connectivity index (χ4v) is 12.8. The highest BCUT2D eigenvalue weighted by Crippen LogP contribution is 2.28. The quantitative estimate of drug-likeness (QED) is 0.0946. The molecular formula is C70H124N10O16. The summed E-state index contributed by atoms with van der Waals surface area (Å²) in [5.74, 6) is -12.9. The number of Topliss-reactive ketones (excluding diaryl/α,β-unsaturated/α-hetero) is 2. The number of carbonyl (C=O) groups is 12. The highest BCUT2D eigenvalue weighted by molar-refractivity contribution is 6.00. The maximum atomic E-state index is 15.2. The summed E-state index contributed by atoms with van der Waals surface area (Å²) in [4.78, 5) is 184. The summed E-state index contributed by atoms with van der Waals surface area (Å²) < 4.78 is 11.9. The first-order chi connectivity index (χ1) is 44.6. The van der Waals surface area contributed by atoms with Gasteiger partial charge in [0.05, 0.1) is 31.5 Å². The molecule has 0 bridgehead atoms. The van der Waals surface area contributed by atoms with E-state index in [1.165, 1.54) is 87.6 Å². The zero-order chi connectivity index (χ0) is 73.5. The fourth-order valence-electron chi connectivity index (χ4n) is 12.8. The normalized spacial score (nSPS) is 27.3. The number of hydrogen-bond donors (Lipinski definition) is 5. The monoisotopic (exact) mass is 1360 g/mol. The maximum Gasteiger partial charge on any atom is 0.303 e. The molecule has 5 N–H and O–H groups in total. The van der Waals surface area contributed by atoms with Gasteiger partial charge in [-0.15, -0.1) is 0 Å². The minimum absolute atomic E-state index is 0.0544. The van der Waals surface area contributed by atoms with Gasteiger partial charge in [0.25, 0.3) is 0 Å². The summed E-state index contributed by atoms with van der Waals surface area (Å²) in [6.07, 6.45) is -1.58. The van der Waals surface area contributed by atoms with Crippen molar-refractivity contribution in [1.82, 2.24) is 50.2 Å². The van der Waals surface area contributed by atoms with E-state index in [0.717, 1.165) is 31.0 Å². The number of likely N-dealkylation sites (N-methyl/N-ethyl adjacent to an activating group) is 6. The van der Waals surface area contributed by atoms with E-state index in [2.05, 4.69) is 20.9 Å². The van der Waals surface area contributed by atoms with Gasteiger partial charge in [-0.05, 0) is 114 Å². The van der Waals surface area contributed by atoms with Crippen molar-refractivity contribution >= 4 is 70.7 Å². The van der Waals surface area contributed by atoms with E-state index in [1.807, 2.05) is 41.5 Å². The van der Waals surface area contributed by atoms with Crippen molar-refractivity contribution in [2.24, 2.45) is 47.3 Å². The second kappa shape index (κ2) is 40.7. The number of nitrogens with zero attached hydrogens (tertiary/aromatic N) is 7. The number of hydrogen-bond acceptors (Lipinski definition) is 16. The molecule has 0 radical (unpaired) electrons. The molecule has 0 saturated carbocycles. The minimum atomic E-state index is -1.80. The van der Waals surface area contributed by atoms with Crippen LogP contribution in [0.25, 0.3) is 0 Å². The van der Waals surface area contributed by atoms with Crippen LogP contribution in [0.4, 0.5) is 0 Å². The van der Waals surface area contributed by atoms with E-state index < -0.39 is 167 Å². The number of carboxylic acid groups (broad SMARTS) is 1. The third-order valence-electron chi connectivity index (χ3n) is 19.1. The van der Waals surface area contributed by atoms with E-state index in [9.17, 15) is 53.4 Å². The van der Waals surface area contributed by atoms with Gasteiger partial charge in [0, 0.05) is 93.1 Å². The van der Waals surface area contributed by atoms with Crippen LogP contribution in [0.2, 0.25) is 0 Å². The molecule has 2 saturated heterocycles.